The van der Waals surface area contributed by atoms with Crippen molar-refractivity contribution in [2.24, 2.45) is 0 Å². The van der Waals surface area contributed by atoms with Crippen LogP contribution in [0.25, 0.3) is 6.08 Å². The Hall–Kier alpha value is -1.31. The van der Waals surface area contributed by atoms with Gasteiger partial charge in [0.05, 0.1) is 5.69 Å². The van der Waals surface area contributed by atoms with Gasteiger partial charge in [-0.1, -0.05) is 6.07 Å². The Morgan fingerprint density at radius 2 is 2.18 bits per heavy atom. The molecule has 0 radical (unpaired) electrons. The number of rotatable bonds is 2. The van der Waals surface area contributed by atoms with Crippen LogP contribution in [0.15, 0.2) is 30.6 Å². The molecule has 0 aliphatic carbocycles. The molecule has 0 bridgehead atoms. The van der Waals surface area contributed by atoms with Crippen LogP contribution in [0.3, 0.4) is 0 Å². The maximum absolute atomic E-state index is 4.14. The van der Waals surface area contributed by atoms with Gasteiger partial charge in [0.25, 0.3) is 0 Å². The van der Waals surface area contributed by atoms with Crippen LogP contribution in [0.5, 0.6) is 0 Å². The summed E-state index contributed by atoms with van der Waals surface area (Å²) >= 11 is 0. The van der Waals surface area contributed by atoms with Crippen molar-refractivity contribution < 1.29 is 0 Å². The van der Waals surface area contributed by atoms with Gasteiger partial charge in [-0.05, 0) is 18.2 Å². The maximum atomic E-state index is 4.14. The molecule has 0 amide bonds. The Balaban J connectivity index is 2.65. The van der Waals surface area contributed by atoms with Gasteiger partial charge in [0.1, 0.15) is 0 Å². The molecular weight excluding hydrogens is 136 g/mol. The number of nitrogens with zero attached hydrogens (tertiary/aromatic N) is 2. The van der Waals surface area contributed by atoms with Gasteiger partial charge in [0, 0.05) is 26.5 Å². The molecule has 0 N–H and O–H groups in total. The summed E-state index contributed by atoms with van der Waals surface area (Å²) in [6.07, 6.45) is 5.73. The summed E-state index contributed by atoms with van der Waals surface area (Å²) in [4.78, 5) is 6.12. The molecule has 0 aliphatic heterocycles. The van der Waals surface area contributed by atoms with Crippen LogP contribution in [0.2, 0.25) is 0 Å². The summed E-state index contributed by atoms with van der Waals surface area (Å²) in [5.41, 5.74) is 0.987. The van der Waals surface area contributed by atoms with Crippen molar-refractivity contribution >= 4 is 6.08 Å². The number of hydrogen-bond donors (Lipinski definition) is 0. The van der Waals surface area contributed by atoms with Crippen molar-refractivity contribution in [3.05, 3.63) is 36.3 Å². The molecule has 0 atom stereocenters. The van der Waals surface area contributed by atoms with Crippen LogP contribution < -0.4 is 0 Å². The van der Waals surface area contributed by atoms with Crippen molar-refractivity contribution in [2.75, 3.05) is 14.1 Å². The predicted molar refractivity (Wildman–Crippen MR) is 47.0 cm³/mol. The minimum absolute atomic E-state index is 0.987. The third kappa shape index (κ3) is 2.85. The van der Waals surface area contributed by atoms with Crippen molar-refractivity contribution in [3.63, 3.8) is 0 Å². The highest BCUT2D eigenvalue weighted by Crippen LogP contribution is 1.95. The molecule has 1 aromatic heterocycles. The second-order valence-electron chi connectivity index (χ2n) is 2.53. The van der Waals surface area contributed by atoms with E-state index in [0.717, 1.165) is 5.69 Å². The highest BCUT2D eigenvalue weighted by Gasteiger charge is 1.83. The lowest BCUT2D eigenvalue weighted by Gasteiger charge is -2.01. The van der Waals surface area contributed by atoms with Gasteiger partial charge in [-0.25, -0.2) is 0 Å². The van der Waals surface area contributed by atoms with E-state index in [4.69, 9.17) is 0 Å². The topological polar surface area (TPSA) is 16.1 Å². The first-order chi connectivity index (χ1) is 5.29. The molecule has 58 valence electrons. The zero-order chi connectivity index (χ0) is 8.10. The quantitative estimate of drug-likeness (QED) is 0.633. The summed E-state index contributed by atoms with van der Waals surface area (Å²) in [7, 11) is 3.97. The third-order valence-corrected chi connectivity index (χ3v) is 1.23. The molecule has 0 unspecified atom stereocenters. The Kier molecular flexibility index (Phi) is 2.66. The van der Waals surface area contributed by atoms with Crippen molar-refractivity contribution in [1.29, 1.82) is 0 Å². The average molecular weight is 148 g/mol. The van der Waals surface area contributed by atoms with E-state index in [9.17, 15) is 0 Å². The minimum atomic E-state index is 0.987. The summed E-state index contributed by atoms with van der Waals surface area (Å²) in [5, 5.41) is 0. The van der Waals surface area contributed by atoms with E-state index in [2.05, 4.69) is 4.98 Å². The lowest BCUT2D eigenvalue weighted by Crippen LogP contribution is -1.99. The SMILES string of the molecule is CN(C)/C=C/c1ccccn1. The molecule has 0 spiro atoms. The zero-order valence-corrected chi connectivity index (χ0v) is 6.86. The maximum Gasteiger partial charge on any atom is 0.0644 e. The van der Waals surface area contributed by atoms with Gasteiger partial charge in [-0.3, -0.25) is 4.98 Å². The third-order valence-electron chi connectivity index (χ3n) is 1.23. The van der Waals surface area contributed by atoms with E-state index in [1.54, 1.807) is 6.20 Å². The van der Waals surface area contributed by atoms with Crippen LogP contribution in [-0.2, 0) is 0 Å². The minimum Gasteiger partial charge on any atom is -0.383 e. The molecule has 2 heteroatoms. The fourth-order valence-corrected chi connectivity index (χ4v) is 0.700. The largest absolute Gasteiger partial charge is 0.383 e. The molecule has 2 nitrogen and oxygen atoms in total. The first-order valence-electron chi connectivity index (χ1n) is 3.55. The number of hydrogen-bond acceptors (Lipinski definition) is 2. The van der Waals surface area contributed by atoms with E-state index in [0.29, 0.717) is 0 Å². The summed E-state index contributed by atoms with van der Waals surface area (Å²) in [6, 6.07) is 5.86. The van der Waals surface area contributed by atoms with Crippen molar-refractivity contribution in [3.8, 4) is 0 Å². The van der Waals surface area contributed by atoms with Gasteiger partial charge < -0.3 is 4.90 Å². The normalized spacial score (nSPS) is 10.4. The van der Waals surface area contributed by atoms with Gasteiger partial charge in [-0.2, -0.15) is 0 Å². The first-order valence-corrected chi connectivity index (χ1v) is 3.55. The highest BCUT2D eigenvalue weighted by molar-refractivity contribution is 5.42. The second-order valence-corrected chi connectivity index (χ2v) is 2.53. The van der Waals surface area contributed by atoms with E-state index in [1.165, 1.54) is 0 Å². The standard InChI is InChI=1S/C9H12N2/c1-11(2)8-6-9-5-3-4-7-10-9/h3-8H,1-2H3/b8-6+. The summed E-state index contributed by atoms with van der Waals surface area (Å²) in [6.45, 7) is 0. The monoisotopic (exact) mass is 148 g/mol. The molecule has 1 rings (SSSR count). The lowest BCUT2D eigenvalue weighted by atomic mass is 10.3. The fourth-order valence-electron chi connectivity index (χ4n) is 0.700. The van der Waals surface area contributed by atoms with Gasteiger partial charge in [0.15, 0.2) is 0 Å². The van der Waals surface area contributed by atoms with Crippen LogP contribution in [0.4, 0.5) is 0 Å². The predicted octanol–water partition coefficient (Wildman–Crippen LogP) is 1.61. The van der Waals surface area contributed by atoms with Crippen LogP contribution in [0, 0.1) is 0 Å². The van der Waals surface area contributed by atoms with Crippen molar-refractivity contribution in [2.45, 2.75) is 0 Å². The van der Waals surface area contributed by atoms with Crippen LogP contribution in [-0.4, -0.2) is 24.0 Å². The fraction of sp³-hybridized carbons (Fsp3) is 0.222. The molecule has 1 heterocycles. The van der Waals surface area contributed by atoms with E-state index < -0.39 is 0 Å². The van der Waals surface area contributed by atoms with Crippen LogP contribution >= 0.6 is 0 Å². The van der Waals surface area contributed by atoms with E-state index in [1.807, 2.05) is 49.5 Å². The Bertz CT molecular complexity index is 227. The molecule has 0 saturated heterocycles. The molecular formula is C9H12N2. The molecule has 0 aliphatic rings. The summed E-state index contributed by atoms with van der Waals surface area (Å²) < 4.78 is 0. The van der Waals surface area contributed by atoms with E-state index >= 15 is 0 Å². The number of pyridine rings is 1. The Morgan fingerprint density at radius 3 is 2.73 bits per heavy atom. The molecule has 0 aromatic carbocycles. The van der Waals surface area contributed by atoms with Gasteiger partial charge >= 0.3 is 0 Å². The first kappa shape index (κ1) is 7.79. The molecule has 0 fully saturated rings. The average Bonchev–Trinajstić information content (AvgIpc) is 2.03. The zero-order valence-electron chi connectivity index (χ0n) is 6.86. The molecule has 0 saturated carbocycles. The molecule has 11 heavy (non-hydrogen) atoms. The molecule has 1 aromatic rings. The lowest BCUT2D eigenvalue weighted by molar-refractivity contribution is 0.567. The van der Waals surface area contributed by atoms with Gasteiger partial charge in [0.2, 0.25) is 0 Å². The second kappa shape index (κ2) is 3.76. The highest BCUT2D eigenvalue weighted by atomic mass is 15.0. The number of aromatic nitrogens is 1. The summed E-state index contributed by atoms with van der Waals surface area (Å²) in [5.74, 6) is 0. The Labute approximate surface area is 67.2 Å². The van der Waals surface area contributed by atoms with Crippen LogP contribution in [0.1, 0.15) is 5.69 Å². The van der Waals surface area contributed by atoms with Crippen molar-refractivity contribution in [1.82, 2.24) is 9.88 Å². The van der Waals surface area contributed by atoms with E-state index in [-0.39, 0.29) is 0 Å². The smallest absolute Gasteiger partial charge is 0.0644 e. The Morgan fingerprint density at radius 1 is 1.36 bits per heavy atom. The van der Waals surface area contributed by atoms with Gasteiger partial charge in [-0.15, -0.1) is 0 Å².